The van der Waals surface area contributed by atoms with Gasteiger partial charge in [0.05, 0.1) is 28.7 Å². The number of carboxylic acids is 1. The van der Waals surface area contributed by atoms with Crippen molar-refractivity contribution in [1.82, 2.24) is 4.90 Å². The molecule has 1 amide bonds. The van der Waals surface area contributed by atoms with Gasteiger partial charge in [0.1, 0.15) is 5.70 Å². The Morgan fingerprint density at radius 2 is 1.92 bits per heavy atom. The molecule has 25 heavy (non-hydrogen) atoms. The molecule has 1 aromatic rings. The van der Waals surface area contributed by atoms with Gasteiger partial charge in [-0.3, -0.25) is 4.79 Å². The van der Waals surface area contributed by atoms with E-state index in [-0.39, 0.29) is 22.6 Å². The summed E-state index contributed by atoms with van der Waals surface area (Å²) in [6, 6.07) is 5.84. The molecule has 0 saturated carbocycles. The molecule has 134 valence electrons. The normalized spacial score (nSPS) is 24.1. The van der Waals surface area contributed by atoms with Crippen molar-refractivity contribution < 1.29 is 28.2 Å². The molecule has 0 unspecified atom stereocenters. The van der Waals surface area contributed by atoms with Gasteiger partial charge in [0.15, 0.2) is 9.84 Å². The van der Waals surface area contributed by atoms with E-state index in [1.54, 1.807) is 12.1 Å². The summed E-state index contributed by atoms with van der Waals surface area (Å²) < 4.78 is 25.2. The number of rotatable bonds is 5. The minimum atomic E-state index is -3.72. The monoisotopic (exact) mass is 365 g/mol. The highest BCUT2D eigenvalue weighted by Crippen LogP contribution is 2.44. The van der Waals surface area contributed by atoms with Crippen molar-refractivity contribution in [3.8, 4) is 0 Å². The number of hydrogen-bond acceptors (Lipinski definition) is 5. The molecule has 2 heterocycles. The van der Waals surface area contributed by atoms with E-state index in [1.165, 1.54) is 19.1 Å². The van der Waals surface area contributed by atoms with Gasteiger partial charge in [-0.05, 0) is 38.0 Å². The van der Waals surface area contributed by atoms with Gasteiger partial charge < -0.3 is 15.1 Å². The van der Waals surface area contributed by atoms with Gasteiger partial charge in [-0.2, -0.15) is 0 Å². The van der Waals surface area contributed by atoms with Crippen molar-refractivity contribution in [1.29, 1.82) is 0 Å². The number of β-lactam (4-membered cyclic amide) rings is 1. The van der Waals surface area contributed by atoms with Gasteiger partial charge in [0, 0.05) is 0 Å². The molecular weight excluding hydrogens is 346 g/mol. The Hall–Kier alpha value is -2.19. The van der Waals surface area contributed by atoms with Crippen LogP contribution in [0.25, 0.3) is 0 Å². The molecule has 7 nitrogen and oxygen atoms in total. The second-order valence-electron chi connectivity index (χ2n) is 6.58. The largest absolute Gasteiger partial charge is 0.477 e. The molecule has 3 atom stereocenters. The second kappa shape index (κ2) is 5.96. The first-order valence-electron chi connectivity index (χ1n) is 7.89. The third-order valence-electron chi connectivity index (χ3n) is 4.77. The quantitative estimate of drug-likeness (QED) is 0.744. The highest BCUT2D eigenvalue weighted by molar-refractivity contribution is 7.91. The zero-order valence-corrected chi connectivity index (χ0v) is 14.7. The van der Waals surface area contributed by atoms with Crippen LogP contribution in [0.15, 0.2) is 40.4 Å². The van der Waals surface area contributed by atoms with Gasteiger partial charge in [-0.15, -0.1) is 0 Å². The highest BCUT2D eigenvalue weighted by atomic mass is 32.2. The van der Waals surface area contributed by atoms with Gasteiger partial charge in [0.2, 0.25) is 5.91 Å². The molecule has 0 spiro atoms. The number of carbonyl (C=O) groups is 2. The van der Waals surface area contributed by atoms with E-state index in [2.05, 4.69) is 0 Å². The summed E-state index contributed by atoms with van der Waals surface area (Å²) in [6.07, 6.45) is -0.759. The number of fused-ring (bicyclic) bond motifs is 1. The average molecular weight is 365 g/mol. The standard InChI is InChI=1S/C17H19NO6S/c1-9-3-5-12(6-4-9)25(23,24)8-11-7-13-14(10(2)19)16(20)18(13)15(11)17(21)22/h3-6,10,13-14,19H,7-8H2,1-2H3,(H,21,22)/t10-,13-,14+/m1/s1. The Balaban J connectivity index is 1.93. The lowest BCUT2D eigenvalue weighted by molar-refractivity contribution is -0.161. The number of carboxylic acid groups (broad SMARTS) is 1. The summed E-state index contributed by atoms with van der Waals surface area (Å²) >= 11 is 0. The van der Waals surface area contributed by atoms with Gasteiger partial charge in [-0.25, -0.2) is 13.2 Å². The van der Waals surface area contributed by atoms with Crippen LogP contribution in [0.5, 0.6) is 0 Å². The van der Waals surface area contributed by atoms with Crippen molar-refractivity contribution in [2.24, 2.45) is 5.92 Å². The molecule has 1 fully saturated rings. The summed E-state index contributed by atoms with van der Waals surface area (Å²) in [6.45, 7) is 3.31. The molecular formula is C17H19NO6S. The summed E-state index contributed by atoms with van der Waals surface area (Å²) in [5.74, 6) is -2.94. The number of nitrogens with zero attached hydrogens (tertiary/aromatic N) is 1. The van der Waals surface area contributed by atoms with Crippen LogP contribution in [0.2, 0.25) is 0 Å². The van der Waals surface area contributed by atoms with Crippen molar-refractivity contribution in [2.45, 2.75) is 37.3 Å². The van der Waals surface area contributed by atoms with Crippen molar-refractivity contribution in [3.63, 3.8) is 0 Å². The number of aliphatic hydroxyl groups excluding tert-OH is 1. The lowest BCUT2D eigenvalue weighted by Gasteiger charge is -2.44. The van der Waals surface area contributed by atoms with Crippen molar-refractivity contribution >= 4 is 21.7 Å². The summed E-state index contributed by atoms with van der Waals surface area (Å²) in [5, 5.41) is 19.1. The Morgan fingerprint density at radius 3 is 2.44 bits per heavy atom. The van der Waals surface area contributed by atoms with Gasteiger partial charge in [-0.1, -0.05) is 17.7 Å². The SMILES string of the molecule is Cc1ccc(S(=O)(=O)CC2=C(C(=O)O)N3C(=O)[C@@H]([C@@H](C)O)[C@H]3C2)cc1. The fourth-order valence-electron chi connectivity index (χ4n) is 3.55. The molecule has 1 saturated heterocycles. The lowest BCUT2D eigenvalue weighted by atomic mass is 9.83. The van der Waals surface area contributed by atoms with Gasteiger partial charge >= 0.3 is 5.97 Å². The molecule has 1 aromatic carbocycles. The van der Waals surface area contributed by atoms with Crippen molar-refractivity contribution in [3.05, 3.63) is 41.1 Å². The Morgan fingerprint density at radius 1 is 1.32 bits per heavy atom. The molecule has 0 aromatic heterocycles. The molecule has 0 aliphatic carbocycles. The number of sulfone groups is 1. The number of carbonyl (C=O) groups excluding carboxylic acids is 1. The molecule has 0 radical (unpaired) electrons. The number of aryl methyl sites for hydroxylation is 1. The summed E-state index contributed by atoms with van der Waals surface area (Å²) in [5.41, 5.74) is 0.858. The number of hydrogen-bond donors (Lipinski definition) is 2. The fraction of sp³-hybridized carbons (Fsp3) is 0.412. The molecule has 3 rings (SSSR count). The van der Waals surface area contributed by atoms with Crippen LogP contribution in [-0.2, 0) is 19.4 Å². The first-order chi connectivity index (χ1) is 11.6. The topological polar surface area (TPSA) is 112 Å². The first kappa shape index (κ1) is 17.6. The maximum atomic E-state index is 12.6. The number of amides is 1. The number of aliphatic hydroxyl groups is 1. The van der Waals surface area contributed by atoms with Crippen molar-refractivity contribution in [2.75, 3.05) is 5.75 Å². The summed E-state index contributed by atoms with van der Waals surface area (Å²) in [7, 11) is -3.72. The Bertz CT molecular complexity index is 869. The van der Waals surface area contributed by atoms with Crippen LogP contribution in [0, 0.1) is 12.8 Å². The zero-order chi connectivity index (χ0) is 18.5. The van der Waals surface area contributed by atoms with Crippen LogP contribution in [-0.4, -0.2) is 53.3 Å². The van der Waals surface area contributed by atoms with E-state index in [0.717, 1.165) is 10.5 Å². The van der Waals surface area contributed by atoms with Crippen LogP contribution >= 0.6 is 0 Å². The van der Waals surface area contributed by atoms with E-state index >= 15 is 0 Å². The fourth-order valence-corrected chi connectivity index (χ4v) is 4.98. The molecule has 0 bridgehead atoms. The zero-order valence-electron chi connectivity index (χ0n) is 13.8. The predicted molar refractivity (Wildman–Crippen MR) is 88.3 cm³/mol. The molecule has 2 aliphatic rings. The van der Waals surface area contributed by atoms with Crippen LogP contribution < -0.4 is 0 Å². The average Bonchev–Trinajstić information content (AvgIpc) is 2.81. The molecule has 2 N–H and O–H groups in total. The van der Waals surface area contributed by atoms with E-state index in [1.807, 2.05) is 6.92 Å². The van der Waals surface area contributed by atoms with E-state index in [9.17, 15) is 28.2 Å². The molecule has 2 aliphatic heterocycles. The smallest absolute Gasteiger partial charge is 0.352 e. The van der Waals surface area contributed by atoms with E-state index in [0.29, 0.717) is 0 Å². The van der Waals surface area contributed by atoms with Crippen LogP contribution in [0.1, 0.15) is 18.9 Å². The highest BCUT2D eigenvalue weighted by Gasteiger charge is 2.56. The second-order valence-corrected chi connectivity index (χ2v) is 8.57. The lowest BCUT2D eigenvalue weighted by Crippen LogP contribution is -2.61. The first-order valence-corrected chi connectivity index (χ1v) is 9.54. The van der Waals surface area contributed by atoms with E-state index in [4.69, 9.17) is 0 Å². The van der Waals surface area contributed by atoms with E-state index < -0.39 is 45.5 Å². The van der Waals surface area contributed by atoms with Crippen LogP contribution in [0.3, 0.4) is 0 Å². The van der Waals surface area contributed by atoms with Crippen LogP contribution in [0.4, 0.5) is 0 Å². The number of aliphatic carboxylic acids is 1. The Kier molecular flexibility index (Phi) is 4.20. The maximum Gasteiger partial charge on any atom is 0.352 e. The minimum absolute atomic E-state index is 0.114. The third-order valence-corrected chi connectivity index (χ3v) is 6.49. The third kappa shape index (κ3) is 2.85. The predicted octanol–water partition coefficient (Wildman–Crippen LogP) is 0.719. The number of benzene rings is 1. The maximum absolute atomic E-state index is 12.6. The summed E-state index contributed by atoms with van der Waals surface area (Å²) in [4.78, 5) is 24.9. The molecule has 8 heteroatoms. The minimum Gasteiger partial charge on any atom is -0.477 e. The Labute approximate surface area is 145 Å². The van der Waals surface area contributed by atoms with Gasteiger partial charge in [0.25, 0.3) is 0 Å².